The van der Waals surface area contributed by atoms with Gasteiger partial charge in [0.2, 0.25) is 0 Å². The van der Waals surface area contributed by atoms with E-state index in [9.17, 15) is 9.90 Å². The molecular weight excluding hydrogens is 230 g/mol. The van der Waals surface area contributed by atoms with Crippen molar-refractivity contribution >= 4 is 5.97 Å². The summed E-state index contributed by atoms with van der Waals surface area (Å²) in [6.07, 6.45) is 1.85. The van der Waals surface area contributed by atoms with Crippen molar-refractivity contribution < 1.29 is 14.6 Å². The van der Waals surface area contributed by atoms with Crippen LogP contribution in [-0.2, 0) is 4.79 Å². The van der Waals surface area contributed by atoms with Crippen LogP contribution < -0.4 is 10.1 Å². The van der Waals surface area contributed by atoms with Gasteiger partial charge < -0.3 is 15.2 Å². The highest BCUT2D eigenvalue weighted by Crippen LogP contribution is 2.33. The van der Waals surface area contributed by atoms with E-state index in [1.54, 1.807) is 7.05 Å². The van der Waals surface area contributed by atoms with Crippen LogP contribution in [0.5, 0.6) is 5.75 Å². The molecule has 1 aromatic carbocycles. The fourth-order valence-electron chi connectivity index (χ4n) is 2.51. The lowest BCUT2D eigenvalue weighted by atomic mass is 9.98. The number of ether oxygens (including phenoxy) is 1. The van der Waals surface area contributed by atoms with E-state index in [2.05, 4.69) is 5.32 Å². The number of hydrogen-bond donors (Lipinski definition) is 2. The van der Waals surface area contributed by atoms with Crippen LogP contribution in [0.15, 0.2) is 24.3 Å². The van der Waals surface area contributed by atoms with Gasteiger partial charge >= 0.3 is 5.97 Å². The minimum Gasteiger partial charge on any atom is -0.490 e. The molecule has 0 spiro atoms. The molecule has 0 aliphatic heterocycles. The Morgan fingerprint density at radius 2 is 2.33 bits per heavy atom. The van der Waals surface area contributed by atoms with Crippen molar-refractivity contribution in [3.8, 4) is 5.75 Å². The maximum Gasteiger partial charge on any atom is 0.324 e. The maximum absolute atomic E-state index is 11.3. The Bertz CT molecular complexity index is 446. The summed E-state index contributed by atoms with van der Waals surface area (Å²) in [4.78, 5) is 11.3. The number of nitrogens with one attached hydrogen (secondary N) is 1. The van der Waals surface area contributed by atoms with E-state index in [1.807, 2.05) is 31.2 Å². The molecule has 1 saturated carbocycles. The summed E-state index contributed by atoms with van der Waals surface area (Å²) in [6, 6.07) is 7.84. The Labute approximate surface area is 107 Å². The van der Waals surface area contributed by atoms with Crippen molar-refractivity contribution in [3.63, 3.8) is 0 Å². The summed E-state index contributed by atoms with van der Waals surface area (Å²) >= 11 is 0. The summed E-state index contributed by atoms with van der Waals surface area (Å²) in [6.45, 7) is 2.01. The first-order valence-corrected chi connectivity index (χ1v) is 6.21. The SMILES string of the molecule is CNC1(C(=O)O)CCC(Oc2cccc(C)c2)C1. The maximum atomic E-state index is 11.3. The normalized spacial score (nSPS) is 27.1. The van der Waals surface area contributed by atoms with Gasteiger partial charge in [0.05, 0.1) is 0 Å². The zero-order valence-electron chi connectivity index (χ0n) is 10.8. The van der Waals surface area contributed by atoms with E-state index in [0.29, 0.717) is 12.8 Å². The van der Waals surface area contributed by atoms with Crippen LogP contribution in [0.3, 0.4) is 0 Å². The van der Waals surface area contributed by atoms with Crippen molar-refractivity contribution in [2.24, 2.45) is 0 Å². The second-order valence-corrected chi connectivity index (χ2v) is 4.94. The third-order valence-corrected chi connectivity index (χ3v) is 3.65. The highest BCUT2D eigenvalue weighted by atomic mass is 16.5. The number of aliphatic carboxylic acids is 1. The Morgan fingerprint density at radius 3 is 2.89 bits per heavy atom. The van der Waals surface area contributed by atoms with Crippen molar-refractivity contribution in [2.75, 3.05) is 7.05 Å². The molecule has 0 radical (unpaired) electrons. The van der Waals surface area contributed by atoms with Crippen molar-refractivity contribution in [1.29, 1.82) is 0 Å². The van der Waals surface area contributed by atoms with Crippen molar-refractivity contribution in [2.45, 2.75) is 37.8 Å². The minimum absolute atomic E-state index is 0.0321. The summed E-state index contributed by atoms with van der Waals surface area (Å²) in [5.41, 5.74) is 0.317. The number of carboxylic acid groups (broad SMARTS) is 1. The molecule has 4 heteroatoms. The van der Waals surface area contributed by atoms with Gasteiger partial charge in [0.25, 0.3) is 0 Å². The van der Waals surface area contributed by atoms with Crippen LogP contribution in [0, 0.1) is 6.92 Å². The van der Waals surface area contributed by atoms with Crippen LogP contribution in [-0.4, -0.2) is 29.8 Å². The average Bonchev–Trinajstić information content (AvgIpc) is 2.74. The van der Waals surface area contributed by atoms with E-state index in [0.717, 1.165) is 17.7 Å². The van der Waals surface area contributed by atoms with E-state index in [1.165, 1.54) is 0 Å². The molecule has 98 valence electrons. The molecule has 0 amide bonds. The minimum atomic E-state index is -0.825. The Hall–Kier alpha value is -1.55. The predicted octanol–water partition coefficient (Wildman–Crippen LogP) is 1.97. The fourth-order valence-corrected chi connectivity index (χ4v) is 2.51. The number of benzene rings is 1. The van der Waals surface area contributed by atoms with Crippen LogP contribution >= 0.6 is 0 Å². The zero-order valence-corrected chi connectivity index (χ0v) is 10.8. The summed E-state index contributed by atoms with van der Waals surface area (Å²) < 4.78 is 5.86. The number of carbonyl (C=O) groups is 1. The summed E-state index contributed by atoms with van der Waals surface area (Å²) in [5.74, 6) is 0.0256. The van der Waals surface area contributed by atoms with Gasteiger partial charge in [-0.15, -0.1) is 0 Å². The highest BCUT2D eigenvalue weighted by Gasteiger charge is 2.45. The van der Waals surface area contributed by atoms with E-state index in [-0.39, 0.29) is 6.10 Å². The standard InChI is InChI=1S/C14H19NO3/c1-10-4-3-5-11(8-10)18-12-6-7-14(9-12,15-2)13(16)17/h3-5,8,12,15H,6-7,9H2,1-2H3,(H,16,17). The van der Waals surface area contributed by atoms with Gasteiger partial charge in [0.15, 0.2) is 0 Å². The molecule has 0 saturated heterocycles. The monoisotopic (exact) mass is 249 g/mol. The van der Waals surface area contributed by atoms with E-state index >= 15 is 0 Å². The Balaban J connectivity index is 2.03. The van der Waals surface area contributed by atoms with Gasteiger partial charge in [0, 0.05) is 6.42 Å². The number of likely N-dealkylation sites (N-methyl/N-ethyl adjacent to an activating group) is 1. The molecule has 1 aliphatic carbocycles. The first-order chi connectivity index (χ1) is 8.55. The number of carboxylic acids is 1. The quantitative estimate of drug-likeness (QED) is 0.856. The lowest BCUT2D eigenvalue weighted by Gasteiger charge is -2.23. The Kier molecular flexibility index (Phi) is 3.57. The third-order valence-electron chi connectivity index (χ3n) is 3.65. The van der Waals surface area contributed by atoms with Crippen molar-refractivity contribution in [1.82, 2.24) is 5.32 Å². The molecule has 1 aliphatic rings. The van der Waals surface area contributed by atoms with Crippen LogP contribution in [0.4, 0.5) is 0 Å². The molecular formula is C14H19NO3. The second-order valence-electron chi connectivity index (χ2n) is 4.94. The molecule has 2 rings (SSSR count). The second kappa shape index (κ2) is 4.98. The van der Waals surface area contributed by atoms with Gasteiger partial charge in [-0.25, -0.2) is 0 Å². The third kappa shape index (κ3) is 2.48. The van der Waals surface area contributed by atoms with Crippen LogP contribution in [0.2, 0.25) is 0 Å². The fraction of sp³-hybridized carbons (Fsp3) is 0.500. The van der Waals surface area contributed by atoms with Gasteiger partial charge in [-0.2, -0.15) is 0 Å². The number of hydrogen-bond acceptors (Lipinski definition) is 3. The zero-order chi connectivity index (χ0) is 13.2. The van der Waals surface area contributed by atoms with Gasteiger partial charge in [-0.3, -0.25) is 4.79 Å². The molecule has 0 aromatic heterocycles. The lowest BCUT2D eigenvalue weighted by molar-refractivity contribution is -0.144. The molecule has 0 bridgehead atoms. The average molecular weight is 249 g/mol. The number of rotatable bonds is 4. The van der Waals surface area contributed by atoms with E-state index in [4.69, 9.17) is 4.74 Å². The first-order valence-electron chi connectivity index (χ1n) is 6.21. The van der Waals surface area contributed by atoms with Gasteiger partial charge in [-0.05, 0) is 44.5 Å². The molecule has 1 aromatic rings. The van der Waals surface area contributed by atoms with Gasteiger partial charge in [-0.1, -0.05) is 12.1 Å². The molecule has 1 fully saturated rings. The molecule has 0 heterocycles. The lowest BCUT2D eigenvalue weighted by Crippen LogP contribution is -2.48. The number of aryl methyl sites for hydroxylation is 1. The molecule has 2 unspecified atom stereocenters. The summed E-state index contributed by atoms with van der Waals surface area (Å²) in [5, 5.41) is 12.2. The largest absolute Gasteiger partial charge is 0.490 e. The van der Waals surface area contributed by atoms with E-state index < -0.39 is 11.5 Å². The topological polar surface area (TPSA) is 58.6 Å². The van der Waals surface area contributed by atoms with Crippen LogP contribution in [0.25, 0.3) is 0 Å². The molecule has 2 atom stereocenters. The highest BCUT2D eigenvalue weighted by molar-refractivity contribution is 5.79. The summed E-state index contributed by atoms with van der Waals surface area (Å²) in [7, 11) is 1.70. The smallest absolute Gasteiger partial charge is 0.324 e. The molecule has 2 N–H and O–H groups in total. The Morgan fingerprint density at radius 1 is 1.56 bits per heavy atom. The predicted molar refractivity (Wildman–Crippen MR) is 68.9 cm³/mol. The molecule has 18 heavy (non-hydrogen) atoms. The first kappa shape index (κ1) is 12.9. The molecule has 4 nitrogen and oxygen atoms in total. The van der Waals surface area contributed by atoms with Crippen molar-refractivity contribution in [3.05, 3.63) is 29.8 Å². The van der Waals surface area contributed by atoms with Gasteiger partial charge in [0.1, 0.15) is 17.4 Å². The van der Waals surface area contributed by atoms with Crippen LogP contribution in [0.1, 0.15) is 24.8 Å².